The second kappa shape index (κ2) is 4.00. The molecule has 2 bridgehead atoms. The van der Waals surface area contributed by atoms with Crippen LogP contribution in [0.2, 0.25) is 0 Å². The van der Waals surface area contributed by atoms with Gasteiger partial charge in [0.05, 0.1) is 6.54 Å². The zero-order chi connectivity index (χ0) is 14.8. The van der Waals surface area contributed by atoms with E-state index in [2.05, 4.69) is 0 Å². The fraction of sp³-hybridized carbons (Fsp3) is 0.667. The lowest BCUT2D eigenvalue weighted by Gasteiger charge is -2.43. The van der Waals surface area contributed by atoms with Crippen LogP contribution in [0.3, 0.4) is 0 Å². The number of nitrogens with zero attached hydrogens (tertiary/aromatic N) is 1. The van der Waals surface area contributed by atoms with Gasteiger partial charge in [0.15, 0.2) is 0 Å². The zero-order valence-corrected chi connectivity index (χ0v) is 11.6. The molecule has 3 aliphatic rings. The molecular formula is C12H14F3NO3S. The van der Waals surface area contributed by atoms with Crippen LogP contribution in [-0.4, -0.2) is 37.8 Å². The van der Waals surface area contributed by atoms with Gasteiger partial charge in [-0.1, -0.05) is 0 Å². The van der Waals surface area contributed by atoms with Gasteiger partial charge in [-0.05, 0) is 30.9 Å². The van der Waals surface area contributed by atoms with E-state index in [0.717, 1.165) is 6.26 Å². The standard InChI is InChI=1S/C12H14F3NO3S/c1-20(17,18)10-3-2-9(19-10)7-16-6-8-4-11(16,5-8)12(13,14)15/h2-3,8H,4-7H2,1H3. The molecule has 1 aromatic heterocycles. The van der Waals surface area contributed by atoms with E-state index in [-0.39, 0.29) is 36.2 Å². The van der Waals surface area contributed by atoms with Crippen LogP contribution >= 0.6 is 0 Å². The van der Waals surface area contributed by atoms with Crippen LogP contribution in [0, 0.1) is 5.92 Å². The molecule has 0 N–H and O–H groups in total. The fourth-order valence-corrected chi connectivity index (χ4v) is 3.80. The molecule has 0 aromatic carbocycles. The third-order valence-electron chi connectivity index (χ3n) is 4.21. The van der Waals surface area contributed by atoms with Crippen LogP contribution in [0.5, 0.6) is 0 Å². The molecule has 2 aliphatic heterocycles. The molecule has 4 rings (SSSR count). The molecule has 3 fully saturated rings. The number of hydrogen-bond donors (Lipinski definition) is 0. The summed E-state index contributed by atoms with van der Waals surface area (Å²) in [5.41, 5.74) is -1.74. The Morgan fingerprint density at radius 1 is 1.40 bits per heavy atom. The van der Waals surface area contributed by atoms with Crippen molar-refractivity contribution < 1.29 is 26.0 Å². The Bertz CT molecular complexity index is 629. The quantitative estimate of drug-likeness (QED) is 0.859. The van der Waals surface area contributed by atoms with Crippen molar-refractivity contribution in [3.05, 3.63) is 17.9 Å². The van der Waals surface area contributed by atoms with Gasteiger partial charge in [0.1, 0.15) is 11.3 Å². The van der Waals surface area contributed by atoms with Gasteiger partial charge in [-0.15, -0.1) is 0 Å². The van der Waals surface area contributed by atoms with E-state index in [0.29, 0.717) is 6.54 Å². The maximum absolute atomic E-state index is 13.2. The van der Waals surface area contributed by atoms with Gasteiger partial charge in [0.25, 0.3) is 0 Å². The first-order valence-corrected chi connectivity index (χ1v) is 8.11. The van der Waals surface area contributed by atoms with E-state index in [1.54, 1.807) is 0 Å². The molecule has 8 heteroatoms. The minimum atomic E-state index is -4.26. The van der Waals surface area contributed by atoms with Gasteiger partial charge < -0.3 is 4.42 Å². The molecule has 0 atom stereocenters. The summed E-state index contributed by atoms with van der Waals surface area (Å²) in [7, 11) is -3.47. The number of sulfone groups is 1. The van der Waals surface area contributed by atoms with Gasteiger partial charge in [-0.3, -0.25) is 4.90 Å². The predicted molar refractivity (Wildman–Crippen MR) is 63.7 cm³/mol. The number of furan rings is 1. The summed E-state index contributed by atoms with van der Waals surface area (Å²) in [5, 5.41) is -0.208. The Balaban J connectivity index is 1.81. The molecule has 2 saturated heterocycles. The molecule has 3 heterocycles. The molecule has 1 aliphatic carbocycles. The third-order valence-corrected chi connectivity index (χ3v) is 5.16. The lowest BCUT2D eigenvalue weighted by atomic mass is 9.73. The third kappa shape index (κ3) is 1.96. The first-order chi connectivity index (χ1) is 9.12. The Morgan fingerprint density at radius 2 is 2.05 bits per heavy atom. The molecule has 0 unspecified atom stereocenters. The summed E-state index contributed by atoms with van der Waals surface area (Å²) >= 11 is 0. The van der Waals surface area contributed by atoms with Crippen molar-refractivity contribution in [1.29, 1.82) is 0 Å². The number of fused-ring (bicyclic) bond motifs is 1. The molecule has 20 heavy (non-hydrogen) atoms. The number of halogens is 3. The van der Waals surface area contributed by atoms with Crippen molar-refractivity contribution in [2.45, 2.75) is 36.2 Å². The van der Waals surface area contributed by atoms with Gasteiger partial charge in [-0.2, -0.15) is 13.2 Å². The first-order valence-electron chi connectivity index (χ1n) is 6.22. The minimum Gasteiger partial charge on any atom is -0.448 e. The highest BCUT2D eigenvalue weighted by Crippen LogP contribution is 2.58. The number of alkyl halides is 3. The van der Waals surface area contributed by atoms with Crippen LogP contribution in [0.25, 0.3) is 0 Å². The van der Waals surface area contributed by atoms with Crippen LogP contribution < -0.4 is 0 Å². The summed E-state index contributed by atoms with van der Waals surface area (Å²) in [6.45, 7) is 0.375. The van der Waals surface area contributed by atoms with E-state index in [1.165, 1.54) is 17.0 Å². The Labute approximate surface area is 114 Å². The topological polar surface area (TPSA) is 50.5 Å². The second-order valence-electron chi connectivity index (χ2n) is 5.68. The average Bonchev–Trinajstić information content (AvgIpc) is 2.85. The smallest absolute Gasteiger partial charge is 0.406 e. The van der Waals surface area contributed by atoms with E-state index < -0.39 is 21.6 Å². The largest absolute Gasteiger partial charge is 0.448 e. The van der Waals surface area contributed by atoms with Gasteiger partial charge in [-0.25, -0.2) is 8.42 Å². The number of rotatable bonds is 3. The lowest BCUT2D eigenvalue weighted by Crippen LogP contribution is -2.57. The van der Waals surface area contributed by atoms with Crippen molar-refractivity contribution in [3.8, 4) is 0 Å². The van der Waals surface area contributed by atoms with Crippen LogP contribution in [0.4, 0.5) is 13.2 Å². The summed E-state index contributed by atoms with van der Waals surface area (Å²) in [4.78, 5) is 1.36. The Kier molecular flexibility index (Phi) is 2.79. The van der Waals surface area contributed by atoms with Gasteiger partial charge >= 0.3 is 6.18 Å². The van der Waals surface area contributed by atoms with Crippen LogP contribution in [0.15, 0.2) is 21.6 Å². The average molecular weight is 309 g/mol. The molecule has 1 saturated carbocycles. The summed E-state index contributed by atoms with van der Waals surface area (Å²) in [6.07, 6.45) is -2.99. The summed E-state index contributed by atoms with van der Waals surface area (Å²) in [6, 6.07) is 2.71. The van der Waals surface area contributed by atoms with E-state index in [9.17, 15) is 21.6 Å². The van der Waals surface area contributed by atoms with Crippen LogP contribution in [0.1, 0.15) is 18.6 Å². The molecule has 4 nitrogen and oxygen atoms in total. The second-order valence-corrected chi connectivity index (χ2v) is 7.62. The highest BCUT2D eigenvalue weighted by molar-refractivity contribution is 7.90. The highest BCUT2D eigenvalue weighted by atomic mass is 32.2. The maximum atomic E-state index is 13.2. The predicted octanol–water partition coefficient (Wildman–Crippen LogP) is 2.21. The minimum absolute atomic E-state index is 0.00840. The van der Waals surface area contributed by atoms with E-state index in [4.69, 9.17) is 4.42 Å². The van der Waals surface area contributed by atoms with Crippen molar-refractivity contribution in [2.24, 2.45) is 5.92 Å². The Hall–Kier alpha value is -1.02. The summed E-state index contributed by atoms with van der Waals surface area (Å²) in [5.74, 6) is 0.336. The summed E-state index contributed by atoms with van der Waals surface area (Å²) < 4.78 is 67.2. The number of hydrogen-bond acceptors (Lipinski definition) is 4. The molecule has 1 aromatic rings. The fourth-order valence-electron chi connectivity index (χ4n) is 3.23. The Morgan fingerprint density at radius 3 is 2.55 bits per heavy atom. The normalized spacial score (nSPS) is 30.5. The highest BCUT2D eigenvalue weighted by Gasteiger charge is 2.69. The molecule has 112 valence electrons. The zero-order valence-electron chi connectivity index (χ0n) is 10.8. The van der Waals surface area contributed by atoms with E-state index in [1.807, 2.05) is 0 Å². The maximum Gasteiger partial charge on any atom is 0.406 e. The molecule has 0 radical (unpaired) electrons. The van der Waals surface area contributed by atoms with Crippen molar-refractivity contribution >= 4 is 9.84 Å². The van der Waals surface area contributed by atoms with Crippen LogP contribution in [-0.2, 0) is 16.4 Å². The first kappa shape index (κ1) is 13.9. The van der Waals surface area contributed by atoms with Gasteiger partial charge in [0, 0.05) is 12.8 Å². The van der Waals surface area contributed by atoms with E-state index >= 15 is 0 Å². The van der Waals surface area contributed by atoms with Crippen molar-refractivity contribution in [2.75, 3.05) is 12.8 Å². The molecule has 0 spiro atoms. The monoisotopic (exact) mass is 309 g/mol. The molecular weight excluding hydrogens is 295 g/mol. The molecule has 0 amide bonds. The SMILES string of the molecule is CS(=O)(=O)c1ccc(CN2CC3CC2(C(F)(F)F)C3)o1. The lowest BCUT2D eigenvalue weighted by molar-refractivity contribution is -0.239. The van der Waals surface area contributed by atoms with Gasteiger partial charge in [0.2, 0.25) is 14.9 Å². The van der Waals surface area contributed by atoms with Crippen molar-refractivity contribution in [3.63, 3.8) is 0 Å². The van der Waals surface area contributed by atoms with Crippen molar-refractivity contribution in [1.82, 2.24) is 4.90 Å².